The van der Waals surface area contributed by atoms with Crippen molar-refractivity contribution in [1.82, 2.24) is 10.3 Å². The number of carbonyl (C=O) groups excluding carboxylic acids is 1. The average Bonchev–Trinajstić information content (AvgIpc) is 2.93. The number of hydrogen-bond acceptors (Lipinski definition) is 6. The van der Waals surface area contributed by atoms with Gasteiger partial charge in [0.2, 0.25) is 6.10 Å². The van der Waals surface area contributed by atoms with Gasteiger partial charge in [-0.15, -0.1) is 11.3 Å². The minimum atomic E-state index is -1.02. The molecular formula is C16H16N2O5S. The fourth-order valence-corrected chi connectivity index (χ4v) is 3.24. The van der Waals surface area contributed by atoms with Crippen molar-refractivity contribution in [1.29, 1.82) is 0 Å². The summed E-state index contributed by atoms with van der Waals surface area (Å²) < 4.78 is 11.4. The topological polar surface area (TPSA) is 97.8 Å². The van der Waals surface area contributed by atoms with Crippen LogP contribution in [0.5, 0.6) is 11.5 Å². The van der Waals surface area contributed by atoms with Gasteiger partial charge in [0, 0.05) is 0 Å². The number of aryl methyl sites for hydroxylation is 1. The fraction of sp³-hybridized carbons (Fsp3) is 0.312. The maximum atomic E-state index is 12.4. The third-order valence-electron chi connectivity index (χ3n) is 3.55. The fourth-order valence-electron chi connectivity index (χ4n) is 2.40. The van der Waals surface area contributed by atoms with Crippen molar-refractivity contribution in [3.05, 3.63) is 39.8 Å². The normalized spacial score (nSPS) is 18.9. The zero-order valence-corrected chi connectivity index (χ0v) is 13.9. The second-order valence-electron chi connectivity index (χ2n) is 5.35. The molecule has 1 aliphatic rings. The van der Waals surface area contributed by atoms with Crippen LogP contribution in [-0.4, -0.2) is 34.2 Å². The molecule has 1 amide bonds. The number of benzene rings is 1. The molecule has 126 valence electrons. The summed E-state index contributed by atoms with van der Waals surface area (Å²) in [7, 11) is 0. The van der Waals surface area contributed by atoms with Crippen LogP contribution in [0, 0.1) is 6.92 Å². The van der Waals surface area contributed by atoms with Crippen molar-refractivity contribution in [2.45, 2.75) is 32.6 Å². The summed E-state index contributed by atoms with van der Waals surface area (Å²) in [5.74, 6) is -0.219. The second-order valence-corrected chi connectivity index (χ2v) is 6.44. The Balaban J connectivity index is 1.65. The van der Waals surface area contributed by atoms with Gasteiger partial charge in [-0.25, -0.2) is 9.78 Å². The lowest BCUT2D eigenvalue weighted by Crippen LogP contribution is -2.48. The van der Waals surface area contributed by atoms with E-state index in [4.69, 9.17) is 14.6 Å². The molecule has 2 heterocycles. The Morgan fingerprint density at radius 2 is 1.96 bits per heavy atom. The van der Waals surface area contributed by atoms with Crippen LogP contribution in [0.2, 0.25) is 0 Å². The highest BCUT2D eigenvalue weighted by molar-refractivity contribution is 7.13. The first-order valence-electron chi connectivity index (χ1n) is 7.35. The Labute approximate surface area is 142 Å². The number of carboxylic acids is 1. The Morgan fingerprint density at radius 3 is 2.58 bits per heavy atom. The molecule has 0 fully saturated rings. The lowest BCUT2D eigenvalue weighted by molar-refractivity contribution is -0.133. The van der Waals surface area contributed by atoms with E-state index in [1.165, 1.54) is 0 Å². The van der Waals surface area contributed by atoms with E-state index in [0.29, 0.717) is 22.2 Å². The maximum Gasteiger partial charge on any atom is 0.347 e. The van der Waals surface area contributed by atoms with E-state index in [9.17, 15) is 9.59 Å². The summed E-state index contributed by atoms with van der Waals surface area (Å²) in [4.78, 5) is 27.7. The number of fused-ring (bicyclic) bond motifs is 1. The Morgan fingerprint density at radius 1 is 1.29 bits per heavy atom. The Bertz CT molecular complexity index is 789. The summed E-state index contributed by atoms with van der Waals surface area (Å²) in [6, 6.07) is 7.16. The highest BCUT2D eigenvalue weighted by atomic mass is 32.1. The smallest absolute Gasteiger partial charge is 0.347 e. The molecule has 1 aromatic carbocycles. The summed E-state index contributed by atoms with van der Waals surface area (Å²) in [5.41, 5.74) is 0.441. The molecule has 0 aliphatic carbocycles. The number of carbonyl (C=O) groups is 2. The predicted octanol–water partition coefficient (Wildman–Crippen LogP) is 1.99. The van der Waals surface area contributed by atoms with E-state index >= 15 is 0 Å². The number of carboxylic acid groups (broad SMARTS) is 1. The molecule has 3 rings (SSSR count). The van der Waals surface area contributed by atoms with Gasteiger partial charge in [0.05, 0.1) is 12.2 Å². The average molecular weight is 348 g/mol. The van der Waals surface area contributed by atoms with Crippen LogP contribution >= 0.6 is 11.3 Å². The quantitative estimate of drug-likeness (QED) is 0.877. The third kappa shape index (κ3) is 3.18. The van der Waals surface area contributed by atoms with Gasteiger partial charge in [-0.2, -0.15) is 0 Å². The van der Waals surface area contributed by atoms with Gasteiger partial charge in [-0.3, -0.25) is 4.79 Å². The van der Waals surface area contributed by atoms with Gasteiger partial charge in [-0.1, -0.05) is 12.1 Å². The molecule has 0 spiro atoms. The number of aromatic carboxylic acids is 1. The lowest BCUT2D eigenvalue weighted by Gasteiger charge is -2.30. The van der Waals surface area contributed by atoms with E-state index in [-0.39, 0.29) is 17.3 Å². The zero-order chi connectivity index (χ0) is 17.3. The first-order chi connectivity index (χ1) is 11.5. The number of nitrogens with one attached hydrogen (secondary N) is 1. The van der Waals surface area contributed by atoms with Gasteiger partial charge in [0.15, 0.2) is 11.5 Å². The number of thiazole rings is 1. The van der Waals surface area contributed by atoms with Crippen molar-refractivity contribution in [2.75, 3.05) is 0 Å². The summed E-state index contributed by atoms with van der Waals surface area (Å²) >= 11 is 1.05. The molecular weight excluding hydrogens is 332 g/mol. The molecule has 7 nitrogen and oxygen atoms in total. The first kappa shape index (κ1) is 16.3. The number of nitrogens with zero attached hydrogens (tertiary/aromatic N) is 1. The minimum absolute atomic E-state index is 0.145. The Hall–Kier alpha value is -2.61. The van der Waals surface area contributed by atoms with Gasteiger partial charge in [0.25, 0.3) is 5.91 Å². The summed E-state index contributed by atoms with van der Waals surface area (Å²) in [6.07, 6.45) is -1.22. The van der Waals surface area contributed by atoms with Crippen molar-refractivity contribution in [2.24, 2.45) is 0 Å². The van der Waals surface area contributed by atoms with Crippen LogP contribution in [0.1, 0.15) is 27.3 Å². The Kier molecular flexibility index (Phi) is 4.39. The largest absolute Gasteiger partial charge is 0.482 e. The highest BCUT2D eigenvalue weighted by Gasteiger charge is 2.34. The number of ether oxygens (including phenoxy) is 2. The van der Waals surface area contributed by atoms with E-state index in [0.717, 1.165) is 11.3 Å². The van der Waals surface area contributed by atoms with E-state index < -0.39 is 18.2 Å². The van der Waals surface area contributed by atoms with Crippen LogP contribution in [0.3, 0.4) is 0 Å². The molecule has 2 N–H and O–H groups in total. The standard InChI is InChI=1S/C16H16N2O5S/c1-8-14(16(20)21)24-12(18-8)7-17-15(19)13-9(2)22-10-5-3-4-6-11(10)23-13/h3-6,9,13H,7H2,1-2H3,(H,17,19)(H,20,21). The number of hydrogen-bond donors (Lipinski definition) is 2. The molecule has 0 saturated carbocycles. The zero-order valence-electron chi connectivity index (χ0n) is 13.1. The number of para-hydroxylation sites is 2. The van der Waals surface area contributed by atoms with Crippen molar-refractivity contribution >= 4 is 23.2 Å². The van der Waals surface area contributed by atoms with Crippen LogP contribution < -0.4 is 14.8 Å². The van der Waals surface area contributed by atoms with Gasteiger partial charge in [-0.05, 0) is 26.0 Å². The lowest BCUT2D eigenvalue weighted by atomic mass is 10.1. The predicted molar refractivity (Wildman–Crippen MR) is 86.6 cm³/mol. The molecule has 2 unspecified atom stereocenters. The van der Waals surface area contributed by atoms with Crippen molar-refractivity contribution in [3.63, 3.8) is 0 Å². The second kappa shape index (κ2) is 6.48. The molecule has 24 heavy (non-hydrogen) atoms. The van der Waals surface area contributed by atoms with Crippen molar-refractivity contribution in [3.8, 4) is 11.5 Å². The van der Waals surface area contributed by atoms with Crippen molar-refractivity contribution < 1.29 is 24.2 Å². The third-order valence-corrected chi connectivity index (χ3v) is 4.70. The van der Waals surface area contributed by atoms with Gasteiger partial charge < -0.3 is 19.9 Å². The maximum absolute atomic E-state index is 12.4. The first-order valence-corrected chi connectivity index (χ1v) is 8.17. The van der Waals surface area contributed by atoms with Gasteiger partial charge >= 0.3 is 5.97 Å². The van der Waals surface area contributed by atoms with Crippen LogP contribution in [0.15, 0.2) is 24.3 Å². The highest BCUT2D eigenvalue weighted by Crippen LogP contribution is 2.33. The van der Waals surface area contributed by atoms with Crippen LogP contribution in [-0.2, 0) is 11.3 Å². The molecule has 2 atom stereocenters. The molecule has 2 aromatic rings. The number of rotatable bonds is 4. The summed E-state index contributed by atoms with van der Waals surface area (Å²) in [6.45, 7) is 3.53. The van der Waals surface area contributed by atoms with E-state index in [1.807, 2.05) is 6.07 Å². The van der Waals surface area contributed by atoms with E-state index in [1.54, 1.807) is 32.0 Å². The molecule has 8 heteroatoms. The molecule has 1 aromatic heterocycles. The van der Waals surface area contributed by atoms with Gasteiger partial charge in [0.1, 0.15) is 16.0 Å². The minimum Gasteiger partial charge on any atom is -0.482 e. The summed E-state index contributed by atoms with van der Waals surface area (Å²) in [5, 5.41) is 12.3. The molecule has 0 radical (unpaired) electrons. The molecule has 1 aliphatic heterocycles. The SMILES string of the molecule is Cc1nc(CNC(=O)C2Oc3ccccc3OC2C)sc1C(=O)O. The van der Waals surface area contributed by atoms with Crippen LogP contribution in [0.25, 0.3) is 0 Å². The van der Waals surface area contributed by atoms with E-state index in [2.05, 4.69) is 10.3 Å². The molecule has 0 saturated heterocycles. The van der Waals surface area contributed by atoms with Crippen LogP contribution in [0.4, 0.5) is 0 Å². The monoisotopic (exact) mass is 348 g/mol. The molecule has 0 bridgehead atoms. The number of amides is 1. The number of aromatic nitrogens is 1.